The van der Waals surface area contributed by atoms with Gasteiger partial charge in [-0.3, -0.25) is 0 Å². The Hall–Kier alpha value is -9.12. The van der Waals surface area contributed by atoms with Gasteiger partial charge in [0.1, 0.15) is 28.7 Å². The Balaban J connectivity index is 0.000000185. The minimum absolute atomic E-state index is 0.0594. The summed E-state index contributed by atoms with van der Waals surface area (Å²) in [4.78, 5) is 14.1. The number of methoxy groups -OCH3 is 5. The van der Waals surface area contributed by atoms with Crippen molar-refractivity contribution in [1.29, 1.82) is 0 Å². The van der Waals surface area contributed by atoms with Crippen LogP contribution >= 0.6 is 54.5 Å². The number of aromatic nitrogens is 6. The molecule has 95 heavy (non-hydrogen) atoms. The zero-order chi connectivity index (χ0) is 66.2. The van der Waals surface area contributed by atoms with E-state index in [9.17, 15) is 8.42 Å². The number of tetrazole rings is 1. The quantitative estimate of drug-likeness (QED) is 0.0580. The molecule has 26 heteroatoms. The molecule has 3 aromatic heterocycles. The molecule has 20 nitrogen and oxygen atoms in total. The standard InChI is InChI=1S/C38H33BrN6O5S2.C31H26BrN5O4S2/c1-48-28-16-10-25(11-17-28)22-44(23-26-12-18-29(49-2)19-13-26)52(46,47)34-9-5-6-31(32-7-4-8-33-36(32)40-38(39)51-33)35(34)37-41-42-43-45(37)24-27-14-20-30(50-3)21-15-27;1-40-22-13-9-20(10-14-22)17-37(18-21-11-15-23(41-2)16-12-21)43(38,39)27-8-4-5-24(28(27)30-33-19-34-36-30)25-6-3-7-26-29(25)35-31(32)42-26/h4-21H,22-24H2,1-3H3;3-16H,17-19H2,1-2H3. The van der Waals surface area contributed by atoms with Crippen molar-refractivity contribution in [3.05, 3.63) is 235 Å². The van der Waals surface area contributed by atoms with Gasteiger partial charge in [0.2, 0.25) is 20.0 Å². The minimum atomic E-state index is -4.24. The fourth-order valence-corrected chi connectivity index (χ4v) is 17.0. The first-order valence-electron chi connectivity index (χ1n) is 29.3. The highest BCUT2D eigenvalue weighted by molar-refractivity contribution is 9.11. The zero-order valence-corrected chi connectivity index (χ0v) is 58.1. The Morgan fingerprint density at radius 2 is 0.811 bits per heavy atom. The number of amidine groups is 1. The fourth-order valence-electron chi connectivity index (χ4n) is 10.9. The summed E-state index contributed by atoms with van der Waals surface area (Å²) in [6.45, 7) is 0.862. The van der Waals surface area contributed by atoms with Crippen molar-refractivity contribution in [2.24, 2.45) is 15.2 Å². The Morgan fingerprint density at radius 1 is 0.453 bits per heavy atom. The molecular formula is C69H59Br2N11O9S4. The maximum absolute atomic E-state index is 15.3. The number of halogens is 2. The monoisotopic (exact) mass is 1470 g/mol. The number of hydrogen-bond donors (Lipinski definition) is 0. The number of fused-ring (bicyclic) bond motifs is 2. The predicted molar refractivity (Wildman–Crippen MR) is 376 cm³/mol. The number of para-hydroxylation sites is 2. The van der Waals surface area contributed by atoms with Crippen molar-refractivity contribution in [3.63, 3.8) is 0 Å². The molecule has 12 aromatic rings. The summed E-state index contributed by atoms with van der Waals surface area (Å²) >= 11 is 10.0. The second kappa shape index (κ2) is 29.3. The van der Waals surface area contributed by atoms with Crippen molar-refractivity contribution in [2.75, 3.05) is 42.2 Å². The van der Waals surface area contributed by atoms with E-state index in [0.717, 1.165) is 73.0 Å². The summed E-state index contributed by atoms with van der Waals surface area (Å²) in [5, 5.41) is 21.2. The van der Waals surface area contributed by atoms with Crippen LogP contribution in [-0.2, 0) is 52.8 Å². The molecule has 13 rings (SSSR count). The lowest BCUT2D eigenvalue weighted by Crippen LogP contribution is -2.31. The highest BCUT2D eigenvalue weighted by Crippen LogP contribution is 2.43. The summed E-state index contributed by atoms with van der Waals surface area (Å²) in [7, 11) is -0.367. The van der Waals surface area contributed by atoms with E-state index in [4.69, 9.17) is 28.7 Å². The van der Waals surface area contributed by atoms with Gasteiger partial charge in [-0.1, -0.05) is 109 Å². The molecule has 0 aliphatic carbocycles. The van der Waals surface area contributed by atoms with Crippen LogP contribution in [0.2, 0.25) is 0 Å². The van der Waals surface area contributed by atoms with Gasteiger partial charge in [0.05, 0.1) is 72.3 Å². The fraction of sp³-hybridized carbons (Fsp3) is 0.159. The van der Waals surface area contributed by atoms with Gasteiger partial charge < -0.3 is 23.7 Å². The number of sulfonamides is 2. The summed E-state index contributed by atoms with van der Waals surface area (Å²) < 4.78 is 94.6. The SMILES string of the molecule is COc1ccc(CN(Cc2ccc(OC)cc2)S(=O)(=O)c2cccc(-c3cccc4sc(Br)nc34)c2-c2nnnn2Cc2ccc(OC)cc2)cc1.COc1ccc(CN(Cc2ccc(OC)cc2)S(=O)(=O)c2cccc(-c3cccc4sc(Br)nc34)c2C2=NCN=N2)cc1. The highest BCUT2D eigenvalue weighted by atomic mass is 79.9. The van der Waals surface area contributed by atoms with Crippen LogP contribution in [-0.4, -0.2) is 104 Å². The smallest absolute Gasteiger partial charge is 0.244 e. The number of rotatable bonds is 23. The molecule has 0 spiro atoms. The van der Waals surface area contributed by atoms with Gasteiger partial charge in [-0.2, -0.15) is 13.7 Å². The first-order valence-corrected chi connectivity index (χ1v) is 35.4. The van der Waals surface area contributed by atoms with E-state index in [0.29, 0.717) is 51.1 Å². The zero-order valence-electron chi connectivity index (χ0n) is 51.7. The lowest BCUT2D eigenvalue weighted by molar-refractivity contribution is 0.397. The lowest BCUT2D eigenvalue weighted by atomic mass is 9.98. The molecule has 0 atom stereocenters. The first-order chi connectivity index (χ1) is 46.1. The van der Waals surface area contributed by atoms with Crippen LogP contribution in [0.5, 0.6) is 28.7 Å². The molecule has 0 fully saturated rings. The molecule has 1 aliphatic rings. The molecule has 0 amide bonds. The highest BCUT2D eigenvalue weighted by Gasteiger charge is 2.35. The molecule has 0 saturated carbocycles. The second-order valence-electron chi connectivity index (χ2n) is 21.4. The molecule has 4 heterocycles. The van der Waals surface area contributed by atoms with Crippen molar-refractivity contribution in [1.82, 2.24) is 38.8 Å². The van der Waals surface area contributed by atoms with E-state index in [2.05, 4.69) is 67.6 Å². The maximum atomic E-state index is 15.3. The Morgan fingerprint density at radius 3 is 1.19 bits per heavy atom. The summed E-state index contributed by atoms with van der Waals surface area (Å²) in [5.74, 6) is 4.02. The van der Waals surface area contributed by atoms with Gasteiger partial charge in [-0.15, -0.1) is 32.9 Å². The van der Waals surface area contributed by atoms with Crippen LogP contribution in [0, 0.1) is 0 Å². The van der Waals surface area contributed by atoms with Crippen LogP contribution < -0.4 is 23.7 Å². The molecule has 1 aliphatic heterocycles. The number of azo groups is 1. The van der Waals surface area contributed by atoms with Crippen LogP contribution in [0.25, 0.3) is 54.1 Å². The molecule has 0 N–H and O–H groups in total. The van der Waals surface area contributed by atoms with Gasteiger partial charge in [0.25, 0.3) is 0 Å². The Bertz CT molecular complexity index is 4920. The third-order valence-corrected chi connectivity index (χ3v) is 22.3. The molecule has 9 aromatic carbocycles. The molecule has 0 unspecified atom stereocenters. The van der Waals surface area contributed by atoms with E-state index in [-0.39, 0.29) is 55.0 Å². The van der Waals surface area contributed by atoms with E-state index in [1.165, 1.54) is 31.3 Å². The summed E-state index contributed by atoms with van der Waals surface area (Å²) in [5.41, 5.74) is 9.20. The van der Waals surface area contributed by atoms with Crippen LogP contribution in [0.15, 0.2) is 227 Å². The Labute approximate surface area is 573 Å². The largest absolute Gasteiger partial charge is 0.497 e. The van der Waals surface area contributed by atoms with Crippen molar-refractivity contribution >= 4 is 101 Å². The number of aliphatic imine (C=N–C) groups is 1. The van der Waals surface area contributed by atoms with Gasteiger partial charge in [-0.25, -0.2) is 36.5 Å². The second-order valence-corrected chi connectivity index (χ2v) is 29.8. The van der Waals surface area contributed by atoms with Gasteiger partial charge in [0.15, 0.2) is 26.2 Å². The topological polar surface area (TPSA) is 227 Å². The van der Waals surface area contributed by atoms with Crippen molar-refractivity contribution in [3.8, 4) is 62.4 Å². The predicted octanol–water partition coefficient (Wildman–Crippen LogP) is 15.1. The van der Waals surface area contributed by atoms with E-state index < -0.39 is 20.0 Å². The first kappa shape index (κ1) is 65.9. The van der Waals surface area contributed by atoms with Crippen molar-refractivity contribution < 1.29 is 40.5 Å². The third kappa shape index (κ3) is 14.6. The van der Waals surface area contributed by atoms with Crippen LogP contribution in [0.3, 0.4) is 0 Å². The number of ether oxygens (including phenoxy) is 5. The number of nitrogens with zero attached hydrogens (tertiary/aromatic N) is 11. The third-order valence-electron chi connectivity index (χ3n) is 15.6. The average Bonchev–Trinajstić information content (AvgIpc) is 1.60. The van der Waals surface area contributed by atoms with Crippen LogP contribution in [0.4, 0.5) is 0 Å². The average molecular weight is 1470 g/mol. The van der Waals surface area contributed by atoms with E-state index in [1.807, 2.05) is 170 Å². The van der Waals surface area contributed by atoms with Gasteiger partial charge in [-0.05, 0) is 166 Å². The molecular weight excluding hydrogens is 1410 g/mol. The van der Waals surface area contributed by atoms with Gasteiger partial charge >= 0.3 is 0 Å². The van der Waals surface area contributed by atoms with Gasteiger partial charge in [0, 0.05) is 48.4 Å². The normalized spacial score (nSPS) is 12.3. The summed E-state index contributed by atoms with van der Waals surface area (Å²) in [6.07, 6.45) is 0. The Kier molecular flexibility index (Phi) is 20.3. The molecule has 482 valence electrons. The van der Waals surface area contributed by atoms with E-state index >= 15 is 8.42 Å². The van der Waals surface area contributed by atoms with E-state index in [1.54, 1.807) is 64.5 Å². The van der Waals surface area contributed by atoms with Crippen LogP contribution in [0.1, 0.15) is 33.4 Å². The lowest BCUT2D eigenvalue weighted by Gasteiger charge is -2.25. The number of benzene rings is 9. The minimum Gasteiger partial charge on any atom is -0.497 e. The molecule has 0 saturated heterocycles. The number of hydrogen-bond acceptors (Lipinski definition) is 19. The molecule has 0 bridgehead atoms. The molecule has 0 radical (unpaired) electrons. The maximum Gasteiger partial charge on any atom is 0.244 e. The van der Waals surface area contributed by atoms with Crippen molar-refractivity contribution in [2.45, 2.75) is 42.5 Å². The number of thiazole rings is 2. The summed E-state index contributed by atoms with van der Waals surface area (Å²) in [6, 6.07) is 59.2.